The number of hydrogen-bond acceptors (Lipinski definition) is 3. The molecule has 0 saturated heterocycles. The van der Waals surface area contributed by atoms with E-state index < -0.39 is 0 Å². The van der Waals surface area contributed by atoms with E-state index in [1.54, 1.807) is 0 Å². The van der Waals surface area contributed by atoms with Gasteiger partial charge < -0.3 is 4.90 Å². The molecule has 3 nitrogen and oxygen atoms in total. The van der Waals surface area contributed by atoms with Crippen LogP contribution >= 0.6 is 0 Å². The maximum Gasteiger partial charge on any atom is 0.106 e. The highest BCUT2D eigenvalue weighted by Crippen LogP contribution is 2.28. The lowest BCUT2D eigenvalue weighted by Crippen LogP contribution is -2.45. The summed E-state index contributed by atoms with van der Waals surface area (Å²) >= 11 is 0. The van der Waals surface area contributed by atoms with E-state index in [2.05, 4.69) is 30.3 Å². The topological polar surface area (TPSA) is 39.1 Å². The van der Waals surface area contributed by atoms with Crippen LogP contribution in [-0.4, -0.2) is 36.6 Å². The fourth-order valence-electron chi connectivity index (χ4n) is 2.99. The Balaban J connectivity index is 1.67. The molecule has 0 aliphatic heterocycles. The third-order valence-corrected chi connectivity index (χ3v) is 4.81. The van der Waals surface area contributed by atoms with E-state index in [0.717, 1.165) is 31.7 Å². The predicted octanol–water partition coefficient (Wildman–Crippen LogP) is 2.92. The van der Waals surface area contributed by atoms with Crippen LogP contribution in [0.4, 0.5) is 0 Å². The van der Waals surface area contributed by atoms with Crippen LogP contribution in [-0.2, 0) is 0 Å². The molecule has 0 aromatic rings. The standard InChI is InChI=1S/C16H29N3/c1-3-16(13-17,18-15-8-9-15)10-5-11-19(2)12-14-6-4-7-14/h14-15,18H,3-12H2,1-2H3. The first-order chi connectivity index (χ1) is 9.17. The Labute approximate surface area is 118 Å². The highest BCUT2D eigenvalue weighted by atomic mass is 15.1. The maximum atomic E-state index is 9.48. The molecule has 0 amide bonds. The largest absolute Gasteiger partial charge is 0.306 e. The van der Waals surface area contributed by atoms with Gasteiger partial charge in [-0.15, -0.1) is 0 Å². The smallest absolute Gasteiger partial charge is 0.106 e. The zero-order valence-corrected chi connectivity index (χ0v) is 12.6. The number of nitriles is 1. The van der Waals surface area contributed by atoms with Crippen molar-refractivity contribution < 1.29 is 0 Å². The van der Waals surface area contributed by atoms with E-state index in [1.165, 1.54) is 38.6 Å². The molecule has 0 radical (unpaired) electrons. The van der Waals surface area contributed by atoms with Crippen molar-refractivity contribution in [3.63, 3.8) is 0 Å². The molecule has 19 heavy (non-hydrogen) atoms. The van der Waals surface area contributed by atoms with Gasteiger partial charge in [0.1, 0.15) is 5.54 Å². The molecule has 3 heteroatoms. The van der Waals surface area contributed by atoms with Gasteiger partial charge in [0.05, 0.1) is 6.07 Å². The average Bonchev–Trinajstić information content (AvgIpc) is 3.16. The molecular formula is C16H29N3. The Morgan fingerprint density at radius 2 is 2.05 bits per heavy atom. The summed E-state index contributed by atoms with van der Waals surface area (Å²) in [5.74, 6) is 0.946. The van der Waals surface area contributed by atoms with Crippen molar-refractivity contribution in [2.75, 3.05) is 20.1 Å². The number of rotatable bonds is 9. The number of nitrogens with zero attached hydrogens (tertiary/aromatic N) is 2. The van der Waals surface area contributed by atoms with E-state index in [9.17, 15) is 5.26 Å². The Bertz CT molecular complexity index is 314. The van der Waals surface area contributed by atoms with Crippen LogP contribution in [0.2, 0.25) is 0 Å². The molecule has 1 atom stereocenters. The molecule has 0 aromatic carbocycles. The third-order valence-electron chi connectivity index (χ3n) is 4.81. The zero-order valence-electron chi connectivity index (χ0n) is 12.6. The quantitative estimate of drug-likeness (QED) is 0.695. The third kappa shape index (κ3) is 4.47. The molecule has 2 fully saturated rings. The van der Waals surface area contributed by atoms with Crippen LogP contribution in [0, 0.1) is 17.2 Å². The first-order valence-corrected chi connectivity index (χ1v) is 8.05. The fourth-order valence-corrected chi connectivity index (χ4v) is 2.99. The monoisotopic (exact) mass is 263 g/mol. The van der Waals surface area contributed by atoms with Gasteiger partial charge in [-0.1, -0.05) is 13.3 Å². The van der Waals surface area contributed by atoms with Gasteiger partial charge in [0.25, 0.3) is 0 Å². The minimum Gasteiger partial charge on any atom is -0.306 e. The summed E-state index contributed by atoms with van der Waals surface area (Å²) in [6.45, 7) is 4.52. The van der Waals surface area contributed by atoms with Crippen LogP contribution in [0.3, 0.4) is 0 Å². The average molecular weight is 263 g/mol. The van der Waals surface area contributed by atoms with Crippen LogP contribution in [0.15, 0.2) is 0 Å². The van der Waals surface area contributed by atoms with E-state index in [4.69, 9.17) is 0 Å². The molecule has 2 saturated carbocycles. The molecule has 0 aromatic heterocycles. The molecule has 2 aliphatic rings. The Hall–Kier alpha value is -0.590. The van der Waals surface area contributed by atoms with Crippen LogP contribution in [0.5, 0.6) is 0 Å². The molecule has 1 unspecified atom stereocenters. The molecular weight excluding hydrogens is 234 g/mol. The highest BCUT2D eigenvalue weighted by Gasteiger charge is 2.34. The van der Waals surface area contributed by atoms with E-state index in [0.29, 0.717) is 6.04 Å². The van der Waals surface area contributed by atoms with Gasteiger partial charge in [-0.05, 0) is 64.5 Å². The summed E-state index contributed by atoms with van der Waals surface area (Å²) in [6.07, 6.45) is 9.82. The number of nitrogens with one attached hydrogen (secondary N) is 1. The predicted molar refractivity (Wildman–Crippen MR) is 78.9 cm³/mol. The van der Waals surface area contributed by atoms with E-state index >= 15 is 0 Å². The van der Waals surface area contributed by atoms with Crippen molar-refractivity contribution in [3.05, 3.63) is 0 Å². The first kappa shape index (κ1) is 14.8. The second-order valence-corrected chi connectivity index (χ2v) is 6.63. The number of hydrogen-bond donors (Lipinski definition) is 1. The van der Waals surface area contributed by atoms with Gasteiger partial charge >= 0.3 is 0 Å². The van der Waals surface area contributed by atoms with Crippen molar-refractivity contribution in [1.82, 2.24) is 10.2 Å². The molecule has 0 spiro atoms. The normalized spacial score (nSPS) is 22.8. The SMILES string of the molecule is CCC(C#N)(CCCN(C)CC1CCC1)NC1CC1. The van der Waals surface area contributed by atoms with Gasteiger partial charge in [0.15, 0.2) is 0 Å². The van der Waals surface area contributed by atoms with Gasteiger partial charge in [0, 0.05) is 12.6 Å². The lowest BCUT2D eigenvalue weighted by Gasteiger charge is -2.31. The molecule has 2 rings (SSSR count). The summed E-state index contributed by atoms with van der Waals surface area (Å²) < 4.78 is 0. The van der Waals surface area contributed by atoms with Crippen molar-refractivity contribution in [2.45, 2.75) is 69.9 Å². The summed E-state index contributed by atoms with van der Waals surface area (Å²) in [7, 11) is 2.23. The van der Waals surface area contributed by atoms with Crippen molar-refractivity contribution in [1.29, 1.82) is 5.26 Å². The lowest BCUT2D eigenvalue weighted by atomic mass is 9.85. The van der Waals surface area contributed by atoms with Crippen LogP contribution < -0.4 is 5.32 Å². The van der Waals surface area contributed by atoms with E-state index in [-0.39, 0.29) is 5.54 Å². The second kappa shape index (κ2) is 6.72. The summed E-state index contributed by atoms with van der Waals surface area (Å²) in [5, 5.41) is 13.0. The molecule has 108 valence electrons. The fraction of sp³-hybridized carbons (Fsp3) is 0.938. The molecule has 0 bridgehead atoms. The second-order valence-electron chi connectivity index (χ2n) is 6.63. The summed E-state index contributed by atoms with van der Waals surface area (Å²) in [5.41, 5.74) is -0.265. The summed E-state index contributed by atoms with van der Waals surface area (Å²) in [4.78, 5) is 2.46. The minimum atomic E-state index is -0.265. The van der Waals surface area contributed by atoms with Gasteiger partial charge in [-0.3, -0.25) is 5.32 Å². The molecule has 1 N–H and O–H groups in total. The van der Waals surface area contributed by atoms with E-state index in [1.807, 2.05) is 0 Å². The molecule has 2 aliphatic carbocycles. The summed E-state index contributed by atoms with van der Waals surface area (Å²) in [6, 6.07) is 3.16. The van der Waals surface area contributed by atoms with Gasteiger partial charge in [-0.25, -0.2) is 0 Å². The zero-order chi connectivity index (χ0) is 13.7. The molecule has 0 heterocycles. The highest BCUT2D eigenvalue weighted by molar-refractivity contribution is 5.09. The first-order valence-electron chi connectivity index (χ1n) is 8.05. The van der Waals surface area contributed by atoms with Crippen molar-refractivity contribution >= 4 is 0 Å². The van der Waals surface area contributed by atoms with Crippen LogP contribution in [0.1, 0.15) is 58.3 Å². The van der Waals surface area contributed by atoms with Crippen molar-refractivity contribution in [3.8, 4) is 6.07 Å². The lowest BCUT2D eigenvalue weighted by molar-refractivity contribution is 0.198. The van der Waals surface area contributed by atoms with Crippen molar-refractivity contribution in [2.24, 2.45) is 5.92 Å². The van der Waals surface area contributed by atoms with Gasteiger partial charge in [-0.2, -0.15) is 5.26 Å². The minimum absolute atomic E-state index is 0.265. The Morgan fingerprint density at radius 3 is 2.53 bits per heavy atom. The van der Waals surface area contributed by atoms with Gasteiger partial charge in [0.2, 0.25) is 0 Å². The Morgan fingerprint density at radius 1 is 1.32 bits per heavy atom. The maximum absolute atomic E-state index is 9.48. The Kier molecular flexibility index (Phi) is 5.24. The van der Waals surface area contributed by atoms with Crippen LogP contribution in [0.25, 0.3) is 0 Å².